The van der Waals surface area contributed by atoms with E-state index in [1.165, 1.54) is 0 Å². The summed E-state index contributed by atoms with van der Waals surface area (Å²) in [6.07, 6.45) is 195. The zero-order chi connectivity index (χ0) is 71.3. The molecule has 0 saturated heterocycles. The fraction of sp³-hybridized carbons (Fsp3) is 0. The number of hydrogen-bond acceptors (Lipinski definition) is 0. The fourth-order valence-electron chi connectivity index (χ4n) is 6.19. The molecule has 0 aliphatic carbocycles. The standard InChI is InChI=1S/C100H102/c1-3-5-7-9-11-13-15-17-19-21-23-25-27-29-31-33-35-37-39-41-43-45-47-49-51-53-55-57-59-61-63-65-67-69-71-73-75-77-79-81-83-85-87-89-91-93-95-97-99-100-98-96-94-92-90-88-86-84-82-80-78-76-74-72-70-68-66-64-62-60-58-56-54-52-50-48-46-44-42-40-38-36-34-32-30-28-26-24-22-20-18-16-14-12-10-8-6-4-2/h3-100H,1-2H2/b7-5+,8-6+,11-9+,12-10+,15-13+,16-14+,19-17+,20-18+,23-21+,24-22+,27-25+,28-26+,31-29+,32-30+,35-33+,36-34+,39-37+,40-38+,43-41+,44-42+,47-45+,48-46+,51-49+,52-50+,55-53+,56-54+,59-57+,60-58+,63-61+,64-62+,67-65+,68-66+,71-69+,72-70+,75-73+,76-74+,79-77+,80-78+,83-81+,84-82+,87-85+,88-86+,91-89+,92-90+,95-93+,96-94+,99-97+,100-98+. The van der Waals surface area contributed by atoms with Crippen molar-refractivity contribution in [3.8, 4) is 0 Å². The molecule has 0 saturated carbocycles. The minimum absolute atomic E-state index is 1.75. The fourth-order valence-corrected chi connectivity index (χ4v) is 6.19. The van der Waals surface area contributed by atoms with Crippen molar-refractivity contribution in [1.82, 2.24) is 0 Å². The minimum Gasteiger partial charge on any atom is -0.0991 e. The molecule has 502 valence electrons. The van der Waals surface area contributed by atoms with Gasteiger partial charge in [0.15, 0.2) is 0 Å². The molecule has 0 N–H and O–H groups in total. The molecule has 0 aliphatic rings. The Balaban J connectivity index is 4.12. The second-order valence-corrected chi connectivity index (χ2v) is 18.9. The highest BCUT2D eigenvalue weighted by atomic mass is 13.8. The Bertz CT molecular complexity index is 3470. The van der Waals surface area contributed by atoms with Crippen molar-refractivity contribution < 1.29 is 0 Å². The molecule has 0 aromatic heterocycles. The summed E-state index contributed by atoms with van der Waals surface area (Å²) in [6, 6.07) is 0. The van der Waals surface area contributed by atoms with Gasteiger partial charge in [-0.2, -0.15) is 0 Å². The second kappa shape index (κ2) is 86.0. The number of allylic oxidation sites excluding steroid dienone is 98. The predicted octanol–water partition coefficient (Wildman–Crippen LogP) is 28.1. The molecule has 0 heterocycles. The SMILES string of the molecule is C=C/C=C/C=C/C=C/C=C/C=C/C=C/C=C/C=C/C=C/C=C/C=C/C=C/C=C/C=C/C=C/C=C/C=C/C=C/C=C/C=C/C=C/C=C/C=C/C=C/C=C/C=C/C=C/C=C/C=C/C=C/C=C/C=C/C=C/C=C/C=C/C=C/C=C/C=C/C=C/C=C/C=C/C=C/C=C/C=C/C=C/C=C/C=C/C=C/C=C. The Morgan fingerprint density at radius 1 is 0.0500 bits per heavy atom. The first-order valence-electron chi connectivity index (χ1n) is 33.1. The summed E-state index contributed by atoms with van der Waals surface area (Å²) in [7, 11) is 0. The monoisotopic (exact) mass is 1300 g/mol. The Morgan fingerprint density at radius 2 is 0.0800 bits per heavy atom. The molecule has 0 fully saturated rings. The van der Waals surface area contributed by atoms with Gasteiger partial charge in [-0.05, 0) is 0 Å². The van der Waals surface area contributed by atoms with Gasteiger partial charge in [-0.1, -0.05) is 609 Å². The van der Waals surface area contributed by atoms with Crippen molar-refractivity contribution in [2.45, 2.75) is 0 Å². The summed E-state index contributed by atoms with van der Waals surface area (Å²) in [4.78, 5) is 0. The highest BCUT2D eigenvalue weighted by Crippen LogP contribution is 1.95. The van der Waals surface area contributed by atoms with E-state index in [4.69, 9.17) is 0 Å². The lowest BCUT2D eigenvalue weighted by Gasteiger charge is -1.77. The van der Waals surface area contributed by atoms with Gasteiger partial charge < -0.3 is 0 Å². The molecular formula is C100H102. The lowest BCUT2D eigenvalue weighted by Crippen LogP contribution is -1.55. The molecule has 0 bridgehead atoms. The molecule has 0 amide bonds. The summed E-state index contributed by atoms with van der Waals surface area (Å²) in [5, 5.41) is 0. The van der Waals surface area contributed by atoms with Gasteiger partial charge in [0.2, 0.25) is 0 Å². The zero-order valence-corrected chi connectivity index (χ0v) is 58.0. The smallest absolute Gasteiger partial charge is 0.0623 e. The van der Waals surface area contributed by atoms with E-state index >= 15 is 0 Å². The molecule has 0 spiro atoms. The van der Waals surface area contributed by atoms with E-state index in [-0.39, 0.29) is 0 Å². The molecule has 0 rings (SSSR count). The Hall–Kier alpha value is -13.0. The van der Waals surface area contributed by atoms with Crippen LogP contribution in [0.1, 0.15) is 0 Å². The molecule has 0 atom stereocenters. The van der Waals surface area contributed by atoms with Gasteiger partial charge in [-0.3, -0.25) is 0 Å². The van der Waals surface area contributed by atoms with Crippen LogP contribution in [0.25, 0.3) is 0 Å². The molecule has 0 radical (unpaired) electrons. The molecule has 0 nitrogen and oxygen atoms in total. The molecule has 0 heteroatoms. The van der Waals surface area contributed by atoms with E-state index in [2.05, 4.69) is 13.2 Å². The molecule has 0 aromatic carbocycles. The van der Waals surface area contributed by atoms with Crippen LogP contribution in [0, 0.1) is 0 Å². The molecular weight excluding hydrogens is 1200 g/mol. The van der Waals surface area contributed by atoms with Gasteiger partial charge in [0.05, 0.1) is 0 Å². The maximum Gasteiger partial charge on any atom is -0.0623 e. The number of hydrogen-bond donors (Lipinski definition) is 0. The van der Waals surface area contributed by atoms with E-state index in [1.54, 1.807) is 12.2 Å². The molecule has 0 unspecified atom stereocenters. The highest BCUT2D eigenvalue weighted by molar-refractivity contribution is 5.31. The maximum atomic E-state index is 3.63. The number of rotatable bonds is 49. The normalized spacial score (nSPS) is 15.6. The van der Waals surface area contributed by atoms with Crippen LogP contribution in [-0.2, 0) is 0 Å². The van der Waals surface area contributed by atoms with E-state index in [0.717, 1.165) is 0 Å². The molecule has 100 heavy (non-hydrogen) atoms. The van der Waals surface area contributed by atoms with Crippen LogP contribution in [0.4, 0.5) is 0 Å². The first-order valence-corrected chi connectivity index (χ1v) is 33.1. The molecule has 0 aromatic rings. The summed E-state index contributed by atoms with van der Waals surface area (Å²) in [5.41, 5.74) is 0. The topological polar surface area (TPSA) is 0 Å². The van der Waals surface area contributed by atoms with E-state index in [0.29, 0.717) is 0 Å². The maximum absolute atomic E-state index is 3.63. The average molecular weight is 1300 g/mol. The van der Waals surface area contributed by atoms with Gasteiger partial charge >= 0.3 is 0 Å². The first-order chi connectivity index (χ1) is 49.9. The van der Waals surface area contributed by atoms with Crippen LogP contribution in [0.15, 0.2) is 609 Å². The van der Waals surface area contributed by atoms with Crippen molar-refractivity contribution in [2.24, 2.45) is 0 Å². The third kappa shape index (κ3) is 85.0. The quantitative estimate of drug-likeness (QED) is 0.0533. The Morgan fingerprint density at radius 3 is 0.110 bits per heavy atom. The zero-order valence-electron chi connectivity index (χ0n) is 58.0. The third-order valence-electron chi connectivity index (χ3n) is 10.8. The van der Waals surface area contributed by atoms with Crippen LogP contribution in [0.5, 0.6) is 0 Å². The first kappa shape index (κ1) is 87.0. The summed E-state index contributed by atoms with van der Waals surface area (Å²) in [6.45, 7) is 7.27. The highest BCUT2D eigenvalue weighted by Gasteiger charge is 1.74. The molecule has 0 aliphatic heterocycles. The van der Waals surface area contributed by atoms with E-state index < -0.39 is 0 Å². The van der Waals surface area contributed by atoms with Gasteiger partial charge in [0.1, 0.15) is 0 Å². The lowest BCUT2D eigenvalue weighted by molar-refractivity contribution is 1.81. The minimum atomic E-state index is 1.75. The van der Waals surface area contributed by atoms with Crippen LogP contribution < -0.4 is 0 Å². The van der Waals surface area contributed by atoms with Crippen molar-refractivity contribution >= 4 is 0 Å². The van der Waals surface area contributed by atoms with Crippen LogP contribution in [0.3, 0.4) is 0 Å². The average Bonchev–Trinajstić information content (AvgIpc) is 3.66. The van der Waals surface area contributed by atoms with Gasteiger partial charge in [-0.15, -0.1) is 0 Å². The van der Waals surface area contributed by atoms with Gasteiger partial charge in [0.25, 0.3) is 0 Å². The Labute approximate surface area is 604 Å². The van der Waals surface area contributed by atoms with Crippen molar-refractivity contribution in [1.29, 1.82) is 0 Å². The van der Waals surface area contributed by atoms with Crippen LogP contribution >= 0.6 is 0 Å². The lowest BCUT2D eigenvalue weighted by atomic mass is 10.3. The summed E-state index contributed by atoms with van der Waals surface area (Å²) in [5.74, 6) is 0. The predicted molar refractivity (Wildman–Crippen MR) is 459 cm³/mol. The van der Waals surface area contributed by atoms with Crippen molar-refractivity contribution in [3.05, 3.63) is 609 Å². The largest absolute Gasteiger partial charge is 0.0991 e. The summed E-state index contributed by atoms with van der Waals surface area (Å²) >= 11 is 0. The van der Waals surface area contributed by atoms with Crippen molar-refractivity contribution in [2.75, 3.05) is 0 Å². The van der Waals surface area contributed by atoms with Crippen molar-refractivity contribution in [3.63, 3.8) is 0 Å². The van der Waals surface area contributed by atoms with Crippen LogP contribution in [0.2, 0.25) is 0 Å². The van der Waals surface area contributed by atoms with Gasteiger partial charge in [0, 0.05) is 0 Å². The second-order valence-electron chi connectivity index (χ2n) is 18.9. The van der Waals surface area contributed by atoms with E-state index in [1.807, 2.05) is 583 Å². The van der Waals surface area contributed by atoms with E-state index in [9.17, 15) is 0 Å². The third-order valence-corrected chi connectivity index (χ3v) is 10.8. The summed E-state index contributed by atoms with van der Waals surface area (Å²) < 4.78 is 0. The Kier molecular flexibility index (Phi) is 74.8. The van der Waals surface area contributed by atoms with Crippen LogP contribution in [-0.4, -0.2) is 0 Å². The van der Waals surface area contributed by atoms with Gasteiger partial charge in [-0.25, -0.2) is 0 Å².